The van der Waals surface area contributed by atoms with Crippen LogP contribution in [-0.4, -0.2) is 23.0 Å². The molecule has 0 aliphatic carbocycles. The lowest BCUT2D eigenvalue weighted by atomic mass is 10.1. The molecule has 5 heteroatoms. The summed E-state index contributed by atoms with van der Waals surface area (Å²) in [5, 5.41) is 3.79. The summed E-state index contributed by atoms with van der Waals surface area (Å²) in [7, 11) is 1.64. The van der Waals surface area contributed by atoms with Crippen molar-refractivity contribution in [1.29, 1.82) is 0 Å². The molecule has 0 saturated carbocycles. The van der Waals surface area contributed by atoms with Gasteiger partial charge in [-0.15, -0.1) is 0 Å². The van der Waals surface area contributed by atoms with E-state index >= 15 is 0 Å². The average Bonchev–Trinajstić information content (AvgIpc) is 3.09. The van der Waals surface area contributed by atoms with Gasteiger partial charge in [0.05, 0.1) is 12.7 Å². The molecule has 1 aromatic carbocycles. The van der Waals surface area contributed by atoms with Crippen LogP contribution in [-0.2, 0) is 4.79 Å². The number of ether oxygens (including phenoxy) is 1. The molecule has 0 unspecified atom stereocenters. The topological polar surface area (TPSA) is 67.0 Å². The van der Waals surface area contributed by atoms with E-state index in [9.17, 15) is 4.79 Å². The minimum atomic E-state index is -0.133. The van der Waals surface area contributed by atoms with Gasteiger partial charge in [-0.25, -0.2) is 4.98 Å². The third kappa shape index (κ3) is 1.87. The third-order valence-corrected chi connectivity index (χ3v) is 3.80. The monoisotopic (exact) mass is 291 g/mol. The summed E-state index contributed by atoms with van der Waals surface area (Å²) in [4.78, 5) is 19.5. The number of fused-ring (bicyclic) bond motifs is 2. The van der Waals surface area contributed by atoms with Gasteiger partial charge in [0.25, 0.3) is 5.91 Å². The number of hydrogen-bond acceptors (Lipinski definition) is 3. The number of pyridine rings is 1. The van der Waals surface area contributed by atoms with Gasteiger partial charge in [0.1, 0.15) is 11.6 Å². The number of carbonyl (C=O) groups is 1. The van der Waals surface area contributed by atoms with Crippen molar-refractivity contribution >= 4 is 34.3 Å². The van der Waals surface area contributed by atoms with Gasteiger partial charge in [-0.1, -0.05) is 0 Å². The molecule has 0 radical (unpaired) electrons. The second-order valence-corrected chi connectivity index (χ2v) is 5.07. The van der Waals surface area contributed by atoms with Gasteiger partial charge in [-0.3, -0.25) is 4.79 Å². The number of benzene rings is 1. The van der Waals surface area contributed by atoms with Crippen LogP contribution < -0.4 is 10.1 Å². The maximum Gasteiger partial charge on any atom is 0.257 e. The summed E-state index contributed by atoms with van der Waals surface area (Å²) in [6.07, 6.45) is 5.43. The first-order valence-electron chi connectivity index (χ1n) is 6.90. The van der Waals surface area contributed by atoms with Gasteiger partial charge in [0, 0.05) is 34.4 Å². The maximum absolute atomic E-state index is 12.2. The molecule has 1 amide bonds. The van der Waals surface area contributed by atoms with Gasteiger partial charge >= 0.3 is 0 Å². The molecule has 22 heavy (non-hydrogen) atoms. The normalized spacial score (nSPS) is 15.1. The fourth-order valence-corrected chi connectivity index (χ4v) is 2.69. The van der Waals surface area contributed by atoms with Crippen molar-refractivity contribution in [1.82, 2.24) is 9.97 Å². The number of anilines is 1. The van der Waals surface area contributed by atoms with Crippen LogP contribution in [0.4, 0.5) is 5.82 Å². The molecule has 4 rings (SSSR count). The van der Waals surface area contributed by atoms with Crippen LogP contribution in [0.25, 0.3) is 22.6 Å². The predicted molar refractivity (Wildman–Crippen MR) is 85.6 cm³/mol. The van der Waals surface area contributed by atoms with E-state index in [4.69, 9.17) is 4.74 Å². The number of hydrogen-bond donors (Lipinski definition) is 2. The Hall–Kier alpha value is -3.08. The van der Waals surface area contributed by atoms with Crippen LogP contribution in [0.15, 0.2) is 42.7 Å². The first-order valence-corrected chi connectivity index (χ1v) is 6.90. The molecule has 3 aromatic rings. The zero-order chi connectivity index (χ0) is 15.1. The Morgan fingerprint density at radius 2 is 2.18 bits per heavy atom. The highest BCUT2D eigenvalue weighted by Crippen LogP contribution is 2.33. The molecule has 0 bridgehead atoms. The molecule has 0 fully saturated rings. The number of nitrogens with zero attached hydrogens (tertiary/aromatic N) is 1. The second-order valence-electron chi connectivity index (χ2n) is 5.07. The highest BCUT2D eigenvalue weighted by Gasteiger charge is 2.24. The van der Waals surface area contributed by atoms with Crippen molar-refractivity contribution in [2.24, 2.45) is 0 Å². The van der Waals surface area contributed by atoms with E-state index in [2.05, 4.69) is 15.3 Å². The van der Waals surface area contributed by atoms with Crippen LogP contribution in [0, 0.1) is 0 Å². The zero-order valence-electron chi connectivity index (χ0n) is 11.9. The highest BCUT2D eigenvalue weighted by molar-refractivity contribution is 6.34. The molecular weight excluding hydrogens is 278 g/mol. The SMILES string of the molecule is COc1ccc2[nH]cc(/C=C3\C(=O)Nc4ncccc43)c2c1. The van der Waals surface area contributed by atoms with Crippen molar-refractivity contribution in [2.45, 2.75) is 0 Å². The van der Waals surface area contributed by atoms with E-state index in [1.54, 1.807) is 13.3 Å². The van der Waals surface area contributed by atoms with Crippen molar-refractivity contribution < 1.29 is 9.53 Å². The van der Waals surface area contributed by atoms with E-state index in [1.807, 2.05) is 42.6 Å². The molecule has 0 saturated heterocycles. The Kier molecular flexibility index (Phi) is 2.72. The lowest BCUT2D eigenvalue weighted by Crippen LogP contribution is -2.04. The van der Waals surface area contributed by atoms with E-state index in [0.29, 0.717) is 11.4 Å². The number of H-pyrrole nitrogens is 1. The third-order valence-electron chi connectivity index (χ3n) is 3.80. The smallest absolute Gasteiger partial charge is 0.257 e. The van der Waals surface area contributed by atoms with E-state index in [1.165, 1.54) is 0 Å². The van der Waals surface area contributed by atoms with Crippen LogP contribution >= 0.6 is 0 Å². The fourth-order valence-electron chi connectivity index (χ4n) is 2.69. The molecule has 2 N–H and O–H groups in total. The Morgan fingerprint density at radius 1 is 1.27 bits per heavy atom. The summed E-state index contributed by atoms with van der Waals surface area (Å²) in [5.41, 5.74) is 3.38. The molecule has 1 aliphatic rings. The number of amides is 1. The number of nitrogens with one attached hydrogen (secondary N) is 2. The first-order chi connectivity index (χ1) is 10.8. The van der Waals surface area contributed by atoms with Crippen LogP contribution in [0.1, 0.15) is 11.1 Å². The number of aromatic nitrogens is 2. The van der Waals surface area contributed by atoms with Crippen LogP contribution in [0.2, 0.25) is 0 Å². The Bertz CT molecular complexity index is 925. The fraction of sp³-hybridized carbons (Fsp3) is 0.0588. The zero-order valence-corrected chi connectivity index (χ0v) is 11.9. The maximum atomic E-state index is 12.2. The van der Waals surface area contributed by atoms with Crippen molar-refractivity contribution in [3.05, 3.63) is 53.9 Å². The summed E-state index contributed by atoms with van der Waals surface area (Å²) in [6.45, 7) is 0. The van der Waals surface area contributed by atoms with Gasteiger partial charge in [0.15, 0.2) is 0 Å². The van der Waals surface area contributed by atoms with Crippen LogP contribution in [0.3, 0.4) is 0 Å². The van der Waals surface area contributed by atoms with Crippen molar-refractivity contribution in [3.8, 4) is 5.75 Å². The number of aromatic amines is 1. The Morgan fingerprint density at radius 3 is 3.05 bits per heavy atom. The molecule has 1 aliphatic heterocycles. The van der Waals surface area contributed by atoms with Gasteiger partial charge in [-0.05, 0) is 36.4 Å². The minimum Gasteiger partial charge on any atom is -0.497 e. The lowest BCUT2D eigenvalue weighted by Gasteiger charge is -2.00. The summed E-state index contributed by atoms with van der Waals surface area (Å²) in [6, 6.07) is 9.53. The predicted octanol–water partition coefficient (Wildman–Crippen LogP) is 3.06. The van der Waals surface area contributed by atoms with Crippen molar-refractivity contribution in [2.75, 3.05) is 12.4 Å². The van der Waals surface area contributed by atoms with Gasteiger partial charge < -0.3 is 15.0 Å². The summed E-state index contributed by atoms with van der Waals surface area (Å²) >= 11 is 0. The number of methoxy groups -OCH3 is 1. The summed E-state index contributed by atoms with van der Waals surface area (Å²) in [5.74, 6) is 1.26. The van der Waals surface area contributed by atoms with Crippen molar-refractivity contribution in [3.63, 3.8) is 0 Å². The molecule has 0 spiro atoms. The molecule has 2 aromatic heterocycles. The largest absolute Gasteiger partial charge is 0.497 e. The Labute approximate surface area is 126 Å². The minimum absolute atomic E-state index is 0.133. The van der Waals surface area contributed by atoms with Gasteiger partial charge in [0.2, 0.25) is 0 Å². The molecule has 0 atom stereocenters. The molecular formula is C17H13N3O2. The summed E-state index contributed by atoms with van der Waals surface area (Å²) < 4.78 is 5.27. The van der Waals surface area contributed by atoms with E-state index in [0.717, 1.165) is 27.8 Å². The van der Waals surface area contributed by atoms with Crippen LogP contribution in [0.5, 0.6) is 5.75 Å². The Balaban J connectivity index is 1.88. The standard InChI is InChI=1S/C17H13N3O2/c1-22-11-4-5-15-13(8-11)10(9-19-15)7-14-12-3-2-6-18-16(12)20-17(14)21/h2-9,19H,1H3,(H,18,20,21)/b14-7-. The van der Waals surface area contributed by atoms with Gasteiger partial charge in [-0.2, -0.15) is 0 Å². The number of carbonyl (C=O) groups excluding carboxylic acids is 1. The molecule has 108 valence electrons. The molecule has 3 heterocycles. The quantitative estimate of drug-likeness (QED) is 0.713. The highest BCUT2D eigenvalue weighted by atomic mass is 16.5. The second kappa shape index (κ2) is 4.73. The lowest BCUT2D eigenvalue weighted by molar-refractivity contribution is -0.110. The van der Waals surface area contributed by atoms with E-state index in [-0.39, 0.29) is 5.91 Å². The number of rotatable bonds is 2. The first kappa shape index (κ1) is 12.6. The van der Waals surface area contributed by atoms with E-state index < -0.39 is 0 Å². The average molecular weight is 291 g/mol. The molecule has 5 nitrogen and oxygen atoms in total.